The maximum absolute atomic E-state index is 12.7. The van der Waals surface area contributed by atoms with Crippen LogP contribution >= 0.6 is 0 Å². The van der Waals surface area contributed by atoms with Crippen LogP contribution in [0.4, 0.5) is 5.69 Å². The zero-order chi connectivity index (χ0) is 18.6. The first-order valence-electron chi connectivity index (χ1n) is 8.79. The van der Waals surface area contributed by atoms with Gasteiger partial charge in [-0.2, -0.15) is 0 Å². The number of rotatable bonds is 5. The third-order valence-electron chi connectivity index (χ3n) is 4.73. The Morgan fingerprint density at radius 3 is 2.40 bits per heavy atom. The Hall–Kier alpha value is -1.44. The first kappa shape index (κ1) is 19.9. The van der Waals surface area contributed by atoms with Crippen molar-refractivity contribution in [3.63, 3.8) is 0 Å². The fraction of sp³-hybridized carbons (Fsp3) is 0.611. The van der Waals surface area contributed by atoms with Crippen LogP contribution in [0, 0.1) is 0 Å². The van der Waals surface area contributed by atoms with Crippen molar-refractivity contribution in [1.82, 2.24) is 9.21 Å². The minimum atomic E-state index is -3.18. The van der Waals surface area contributed by atoms with Crippen molar-refractivity contribution < 1.29 is 13.2 Å². The maximum atomic E-state index is 12.7. The van der Waals surface area contributed by atoms with Crippen molar-refractivity contribution in [3.8, 4) is 0 Å². The number of amides is 1. The van der Waals surface area contributed by atoms with Crippen molar-refractivity contribution >= 4 is 21.6 Å². The Morgan fingerprint density at radius 2 is 1.76 bits per heavy atom. The molecule has 0 radical (unpaired) electrons. The molecule has 1 aromatic rings. The zero-order valence-corrected chi connectivity index (χ0v) is 16.3. The van der Waals surface area contributed by atoms with Crippen LogP contribution in [0.1, 0.15) is 38.7 Å². The SMILES string of the molecule is CC(C)c1ccccc1NC(=O)[C@H](C)N1CCCN(S(C)(=O)=O)CC1. The molecular formula is C18H29N3O3S. The summed E-state index contributed by atoms with van der Waals surface area (Å²) in [6.45, 7) is 8.30. The van der Waals surface area contributed by atoms with E-state index in [1.165, 1.54) is 10.6 Å². The van der Waals surface area contributed by atoms with Gasteiger partial charge in [0.1, 0.15) is 0 Å². The van der Waals surface area contributed by atoms with Gasteiger partial charge >= 0.3 is 0 Å². The number of hydrogen-bond donors (Lipinski definition) is 1. The van der Waals surface area contributed by atoms with Crippen molar-refractivity contribution in [2.75, 3.05) is 37.8 Å². The van der Waals surface area contributed by atoms with Crippen LogP contribution in [0.2, 0.25) is 0 Å². The highest BCUT2D eigenvalue weighted by molar-refractivity contribution is 7.88. The summed E-state index contributed by atoms with van der Waals surface area (Å²) in [5, 5.41) is 3.04. The summed E-state index contributed by atoms with van der Waals surface area (Å²) < 4.78 is 24.9. The summed E-state index contributed by atoms with van der Waals surface area (Å²) in [6, 6.07) is 7.54. The predicted octanol–water partition coefficient (Wildman–Crippen LogP) is 2.10. The molecule has 1 aliphatic rings. The molecule has 1 heterocycles. The Balaban J connectivity index is 2.03. The lowest BCUT2D eigenvalue weighted by Gasteiger charge is -2.27. The molecule has 7 heteroatoms. The predicted molar refractivity (Wildman–Crippen MR) is 101 cm³/mol. The van der Waals surface area contributed by atoms with Crippen LogP contribution in [0.5, 0.6) is 0 Å². The summed E-state index contributed by atoms with van der Waals surface area (Å²) in [7, 11) is -3.18. The number of nitrogens with one attached hydrogen (secondary N) is 1. The largest absolute Gasteiger partial charge is 0.324 e. The Kier molecular flexibility index (Phi) is 6.59. The van der Waals surface area contributed by atoms with Crippen LogP contribution in [-0.2, 0) is 14.8 Å². The highest BCUT2D eigenvalue weighted by Crippen LogP contribution is 2.24. The van der Waals surface area contributed by atoms with E-state index in [9.17, 15) is 13.2 Å². The zero-order valence-electron chi connectivity index (χ0n) is 15.5. The number of anilines is 1. The number of carbonyl (C=O) groups is 1. The van der Waals surface area contributed by atoms with Crippen LogP contribution in [0.3, 0.4) is 0 Å². The lowest BCUT2D eigenvalue weighted by molar-refractivity contribution is -0.120. The third kappa shape index (κ3) is 5.26. The molecule has 140 valence electrons. The van der Waals surface area contributed by atoms with E-state index in [2.05, 4.69) is 24.1 Å². The van der Waals surface area contributed by atoms with E-state index in [1.54, 1.807) is 0 Å². The summed E-state index contributed by atoms with van der Waals surface area (Å²) in [5.41, 5.74) is 1.96. The fourth-order valence-corrected chi connectivity index (χ4v) is 4.02. The van der Waals surface area contributed by atoms with E-state index < -0.39 is 10.0 Å². The van der Waals surface area contributed by atoms with Gasteiger partial charge in [0.25, 0.3) is 0 Å². The molecule has 1 saturated heterocycles. The molecule has 1 atom stereocenters. The van der Waals surface area contributed by atoms with Crippen molar-refractivity contribution in [3.05, 3.63) is 29.8 Å². The summed E-state index contributed by atoms with van der Waals surface area (Å²) in [6.07, 6.45) is 1.97. The van der Waals surface area contributed by atoms with Crippen LogP contribution in [0.15, 0.2) is 24.3 Å². The average Bonchev–Trinajstić information content (AvgIpc) is 2.80. The summed E-state index contributed by atoms with van der Waals surface area (Å²) >= 11 is 0. The van der Waals surface area contributed by atoms with Gasteiger partial charge < -0.3 is 5.32 Å². The summed E-state index contributed by atoms with van der Waals surface area (Å²) in [4.78, 5) is 14.7. The van der Waals surface area contributed by atoms with E-state index in [0.717, 1.165) is 17.7 Å². The molecule has 6 nitrogen and oxygen atoms in total. The number of benzene rings is 1. The molecule has 0 aliphatic carbocycles. The van der Waals surface area contributed by atoms with Crippen molar-refractivity contribution in [2.45, 2.75) is 39.2 Å². The topological polar surface area (TPSA) is 69.7 Å². The lowest BCUT2D eigenvalue weighted by atomic mass is 10.0. The number of hydrogen-bond acceptors (Lipinski definition) is 4. The van der Waals surface area contributed by atoms with Gasteiger partial charge in [0.2, 0.25) is 15.9 Å². The maximum Gasteiger partial charge on any atom is 0.241 e. The van der Waals surface area contributed by atoms with Gasteiger partial charge in [-0.05, 0) is 30.9 Å². The number of sulfonamides is 1. The number of nitrogens with zero attached hydrogens (tertiary/aromatic N) is 2. The molecule has 2 rings (SSSR count). The Labute approximate surface area is 151 Å². The van der Waals surface area contributed by atoms with Crippen molar-refractivity contribution in [2.24, 2.45) is 0 Å². The highest BCUT2D eigenvalue weighted by atomic mass is 32.2. The second kappa shape index (κ2) is 8.29. The second-order valence-electron chi connectivity index (χ2n) is 6.96. The first-order chi connectivity index (χ1) is 11.7. The van der Waals surface area contributed by atoms with Gasteiger partial charge in [-0.1, -0.05) is 32.0 Å². The average molecular weight is 368 g/mol. The molecule has 0 bridgehead atoms. The van der Waals surface area contributed by atoms with E-state index in [0.29, 0.717) is 32.1 Å². The van der Waals surface area contributed by atoms with E-state index in [4.69, 9.17) is 0 Å². The highest BCUT2D eigenvalue weighted by Gasteiger charge is 2.27. The number of para-hydroxylation sites is 1. The molecule has 1 aliphatic heterocycles. The number of carbonyl (C=O) groups excluding carboxylic acids is 1. The third-order valence-corrected chi connectivity index (χ3v) is 6.03. The second-order valence-corrected chi connectivity index (χ2v) is 8.94. The van der Waals surface area contributed by atoms with E-state index in [1.807, 2.05) is 31.2 Å². The lowest BCUT2D eigenvalue weighted by Crippen LogP contribution is -2.44. The molecule has 1 N–H and O–H groups in total. The minimum Gasteiger partial charge on any atom is -0.324 e. The molecule has 0 aromatic heterocycles. The van der Waals surface area contributed by atoms with Crippen LogP contribution in [0.25, 0.3) is 0 Å². The van der Waals surface area contributed by atoms with Gasteiger partial charge in [0.15, 0.2) is 0 Å². The van der Waals surface area contributed by atoms with Crippen LogP contribution in [-0.4, -0.2) is 62.0 Å². The fourth-order valence-electron chi connectivity index (χ4n) is 3.15. The Bertz CT molecular complexity index is 703. The molecule has 0 spiro atoms. The molecule has 1 aromatic carbocycles. The van der Waals surface area contributed by atoms with E-state index >= 15 is 0 Å². The quantitative estimate of drug-likeness (QED) is 0.865. The van der Waals surface area contributed by atoms with Gasteiger partial charge in [0.05, 0.1) is 12.3 Å². The van der Waals surface area contributed by atoms with Gasteiger partial charge in [-0.25, -0.2) is 12.7 Å². The van der Waals surface area contributed by atoms with Gasteiger partial charge in [0, 0.05) is 31.9 Å². The molecule has 1 fully saturated rings. The smallest absolute Gasteiger partial charge is 0.241 e. The molecule has 0 unspecified atom stereocenters. The molecule has 1 amide bonds. The first-order valence-corrected chi connectivity index (χ1v) is 10.6. The van der Waals surface area contributed by atoms with Gasteiger partial charge in [-0.3, -0.25) is 9.69 Å². The molecule has 0 saturated carbocycles. The van der Waals surface area contributed by atoms with Gasteiger partial charge in [-0.15, -0.1) is 0 Å². The van der Waals surface area contributed by atoms with Crippen LogP contribution < -0.4 is 5.32 Å². The standard InChI is InChI=1S/C18H29N3O3S/c1-14(2)16-8-5-6-9-17(16)19-18(22)15(3)20-10-7-11-21(13-12-20)25(4,23)24/h5-6,8-9,14-15H,7,10-13H2,1-4H3,(H,19,22)/t15-/m0/s1. The Morgan fingerprint density at radius 1 is 1.08 bits per heavy atom. The van der Waals surface area contributed by atoms with Crippen molar-refractivity contribution in [1.29, 1.82) is 0 Å². The molecular weight excluding hydrogens is 338 g/mol. The normalized spacial score (nSPS) is 18.8. The minimum absolute atomic E-state index is 0.0547. The molecule has 25 heavy (non-hydrogen) atoms. The monoisotopic (exact) mass is 367 g/mol. The summed E-state index contributed by atoms with van der Waals surface area (Å²) in [5.74, 6) is 0.272. The van der Waals surface area contributed by atoms with E-state index in [-0.39, 0.29) is 11.9 Å².